The molecule has 0 saturated heterocycles. The third-order valence-corrected chi connectivity index (χ3v) is 5.05. The topological polar surface area (TPSA) is 68.2 Å². The first kappa shape index (κ1) is 19.7. The van der Waals surface area contributed by atoms with Crippen molar-refractivity contribution in [3.8, 4) is 0 Å². The van der Waals surface area contributed by atoms with Crippen LogP contribution >= 0.6 is 15.9 Å². The first-order valence-corrected chi connectivity index (χ1v) is 8.40. The molecule has 2 atom stereocenters. The molecule has 0 aliphatic rings. The van der Waals surface area contributed by atoms with Crippen LogP contribution in [0, 0.1) is 5.82 Å². The number of pyridine rings is 1. The minimum Gasteiger partial charge on any atom is -0.598 e. The highest BCUT2D eigenvalue weighted by atomic mass is 79.9. The first-order chi connectivity index (χ1) is 10.0. The Hall–Kier alpha value is -0.350. The number of halogens is 4. The van der Waals surface area contributed by atoms with E-state index < -0.39 is 52.6 Å². The van der Waals surface area contributed by atoms with Gasteiger partial charge in [-0.15, -0.1) is 4.72 Å². The number of alkyl halides is 2. The summed E-state index contributed by atoms with van der Waals surface area (Å²) in [5.74, 6) is -0.963. The molecule has 1 aromatic rings. The minimum atomic E-state index is -3.12. The van der Waals surface area contributed by atoms with Crippen molar-refractivity contribution in [2.24, 2.45) is 0 Å². The van der Waals surface area contributed by atoms with Gasteiger partial charge in [0, 0.05) is 24.4 Å². The lowest BCUT2D eigenvalue weighted by molar-refractivity contribution is 0.0202. The van der Waals surface area contributed by atoms with Crippen LogP contribution < -0.4 is 4.72 Å². The summed E-state index contributed by atoms with van der Waals surface area (Å²) >= 11 is 1.10. The van der Waals surface area contributed by atoms with Gasteiger partial charge in [-0.1, -0.05) is 0 Å². The molecular weight excluding hydrogens is 385 g/mol. The summed E-state index contributed by atoms with van der Waals surface area (Å²) in [6.07, 6.45) is -3.66. The largest absolute Gasteiger partial charge is 0.598 e. The molecule has 0 radical (unpaired) electrons. The molecule has 2 N–H and O–H groups in total. The summed E-state index contributed by atoms with van der Waals surface area (Å²) in [4.78, 5) is 3.77. The van der Waals surface area contributed by atoms with Crippen LogP contribution in [-0.4, -0.2) is 32.4 Å². The maximum atomic E-state index is 14.1. The van der Waals surface area contributed by atoms with E-state index in [0.29, 0.717) is 0 Å². The van der Waals surface area contributed by atoms with Gasteiger partial charge in [-0.05, 0) is 48.8 Å². The fraction of sp³-hybridized carbons (Fsp3) is 0.615. The predicted octanol–water partition coefficient (Wildman–Crippen LogP) is 2.88. The van der Waals surface area contributed by atoms with Crippen LogP contribution in [-0.2, 0) is 16.9 Å². The number of hydrogen-bond acceptors (Lipinski definition) is 4. The molecule has 1 rings (SSSR count). The number of aromatic nitrogens is 1. The van der Waals surface area contributed by atoms with Crippen LogP contribution in [0.25, 0.3) is 0 Å². The maximum absolute atomic E-state index is 14.1. The summed E-state index contributed by atoms with van der Waals surface area (Å²) in [6, 6.07) is 2.26. The lowest BCUT2D eigenvalue weighted by Gasteiger charge is -2.36. The highest BCUT2D eigenvalue weighted by Crippen LogP contribution is 2.35. The van der Waals surface area contributed by atoms with Crippen molar-refractivity contribution in [3.63, 3.8) is 0 Å². The van der Waals surface area contributed by atoms with E-state index in [4.69, 9.17) is 5.11 Å². The highest BCUT2D eigenvalue weighted by molar-refractivity contribution is 9.10. The Morgan fingerprint density at radius 3 is 2.45 bits per heavy atom. The van der Waals surface area contributed by atoms with E-state index >= 15 is 0 Å². The van der Waals surface area contributed by atoms with Crippen molar-refractivity contribution in [2.75, 3.05) is 6.61 Å². The zero-order valence-corrected chi connectivity index (χ0v) is 14.8. The van der Waals surface area contributed by atoms with Crippen LogP contribution in [0.4, 0.5) is 13.2 Å². The van der Waals surface area contributed by atoms with Crippen molar-refractivity contribution in [2.45, 2.75) is 43.9 Å². The van der Waals surface area contributed by atoms with Gasteiger partial charge in [0.05, 0.1) is 0 Å². The van der Waals surface area contributed by atoms with Gasteiger partial charge < -0.3 is 9.66 Å². The van der Waals surface area contributed by atoms with Gasteiger partial charge in [0.25, 0.3) is 6.43 Å². The number of nitrogens with zero attached hydrogens (tertiary/aromatic N) is 1. The third kappa shape index (κ3) is 4.35. The molecule has 0 saturated carbocycles. The molecule has 1 aromatic heterocycles. The van der Waals surface area contributed by atoms with Gasteiger partial charge in [0.1, 0.15) is 20.9 Å². The third-order valence-electron chi connectivity index (χ3n) is 2.94. The second-order valence-corrected chi connectivity index (χ2v) is 8.47. The molecule has 126 valence electrons. The maximum Gasteiger partial charge on any atom is 0.266 e. The van der Waals surface area contributed by atoms with Crippen molar-refractivity contribution in [1.82, 2.24) is 9.71 Å². The second kappa shape index (κ2) is 7.48. The quantitative estimate of drug-likeness (QED) is 0.566. The molecule has 9 heteroatoms. The molecule has 1 unspecified atom stereocenters. The van der Waals surface area contributed by atoms with E-state index in [1.807, 2.05) is 0 Å². The Labute approximate surface area is 139 Å². The number of hydrogen-bond donors (Lipinski definition) is 2. The van der Waals surface area contributed by atoms with Crippen molar-refractivity contribution in [3.05, 3.63) is 28.2 Å². The predicted molar refractivity (Wildman–Crippen MR) is 82.3 cm³/mol. The van der Waals surface area contributed by atoms with Crippen molar-refractivity contribution >= 4 is 27.3 Å². The van der Waals surface area contributed by atoms with Crippen molar-refractivity contribution < 1.29 is 22.8 Å². The number of nitrogens with one attached hydrogen (secondary N) is 1. The SMILES string of the molecule is CC(C)(C)[S@@+]([O-])NC(CCO)(c1nc(Br)ccc1F)C(F)F. The fourth-order valence-corrected chi connectivity index (χ4v) is 2.94. The van der Waals surface area contributed by atoms with Gasteiger partial charge in [-0.2, -0.15) is 0 Å². The molecule has 0 fully saturated rings. The highest BCUT2D eigenvalue weighted by Gasteiger charge is 2.50. The smallest absolute Gasteiger partial charge is 0.266 e. The van der Waals surface area contributed by atoms with Gasteiger partial charge in [-0.25, -0.2) is 18.2 Å². The molecule has 22 heavy (non-hydrogen) atoms. The zero-order chi connectivity index (χ0) is 17.1. The van der Waals surface area contributed by atoms with E-state index in [0.717, 1.165) is 6.07 Å². The minimum absolute atomic E-state index is 0.162. The van der Waals surface area contributed by atoms with E-state index in [1.165, 1.54) is 6.07 Å². The van der Waals surface area contributed by atoms with Gasteiger partial charge >= 0.3 is 0 Å². The standard InChI is InChI=1S/C13H18BrF3N2O2S/c1-12(2,3)22(21)19-13(6-7-20,11(16)17)10-8(15)4-5-9(14)18-10/h4-5,11,19-20H,6-7H2,1-3H3/t13?,22-/m1/s1. The molecule has 0 amide bonds. The monoisotopic (exact) mass is 402 g/mol. The van der Waals surface area contributed by atoms with Gasteiger partial charge in [-0.3, -0.25) is 0 Å². The number of aliphatic hydroxyl groups is 1. The first-order valence-electron chi connectivity index (χ1n) is 6.46. The lowest BCUT2D eigenvalue weighted by Crippen LogP contribution is -2.56. The Balaban J connectivity index is 3.41. The molecule has 4 nitrogen and oxygen atoms in total. The summed E-state index contributed by atoms with van der Waals surface area (Å²) in [7, 11) is 0. The summed E-state index contributed by atoms with van der Waals surface area (Å²) in [5.41, 5.74) is -2.93. The zero-order valence-electron chi connectivity index (χ0n) is 12.4. The van der Waals surface area contributed by atoms with Crippen LogP contribution in [0.3, 0.4) is 0 Å². The lowest BCUT2D eigenvalue weighted by atomic mass is 9.92. The average Bonchev–Trinajstić information content (AvgIpc) is 2.39. The number of rotatable bonds is 6. The van der Waals surface area contributed by atoms with E-state index in [2.05, 4.69) is 25.6 Å². The van der Waals surface area contributed by atoms with E-state index in [-0.39, 0.29) is 4.60 Å². The Kier molecular flexibility index (Phi) is 6.70. The summed E-state index contributed by atoms with van der Waals surface area (Å²) < 4.78 is 55.4. The molecule has 1 heterocycles. The second-order valence-electron chi connectivity index (χ2n) is 5.69. The normalized spacial score (nSPS) is 16.6. The number of aliphatic hydroxyl groups excluding tert-OH is 1. The molecule has 0 aliphatic heterocycles. The molecule has 0 bridgehead atoms. The molecular formula is C13H18BrF3N2O2S. The van der Waals surface area contributed by atoms with Crippen LogP contribution in [0.2, 0.25) is 0 Å². The Morgan fingerprint density at radius 1 is 1.41 bits per heavy atom. The summed E-state index contributed by atoms with van der Waals surface area (Å²) in [5, 5.41) is 9.15. The molecule has 0 aromatic carbocycles. The Bertz CT molecular complexity index is 517. The Morgan fingerprint density at radius 2 is 2.00 bits per heavy atom. The molecule has 0 spiro atoms. The average molecular weight is 403 g/mol. The van der Waals surface area contributed by atoms with Crippen molar-refractivity contribution in [1.29, 1.82) is 0 Å². The molecule has 0 aliphatic carbocycles. The van der Waals surface area contributed by atoms with E-state index in [1.54, 1.807) is 20.8 Å². The van der Waals surface area contributed by atoms with Crippen LogP contribution in [0.1, 0.15) is 32.9 Å². The van der Waals surface area contributed by atoms with Gasteiger partial charge in [0.15, 0.2) is 5.54 Å². The summed E-state index contributed by atoms with van der Waals surface area (Å²) in [6.45, 7) is 4.13. The van der Waals surface area contributed by atoms with Crippen LogP contribution in [0.15, 0.2) is 16.7 Å². The fourth-order valence-electron chi connectivity index (χ4n) is 1.70. The van der Waals surface area contributed by atoms with E-state index in [9.17, 15) is 17.7 Å². The van der Waals surface area contributed by atoms with Crippen LogP contribution in [0.5, 0.6) is 0 Å². The van der Waals surface area contributed by atoms with Gasteiger partial charge in [0.2, 0.25) is 0 Å².